The predicted molar refractivity (Wildman–Crippen MR) is 61.7 cm³/mol. The number of aromatic nitrogens is 2. The van der Waals surface area contributed by atoms with Gasteiger partial charge in [-0.15, -0.1) is 0 Å². The molecular weight excluding hydrogens is 242 g/mol. The van der Waals surface area contributed by atoms with Crippen molar-refractivity contribution in [1.82, 2.24) is 15.5 Å². The van der Waals surface area contributed by atoms with Crippen LogP contribution in [0.2, 0.25) is 5.15 Å². The standard InChI is InChI=1S/C11H10ClN3O2/c1-7-5-8(15-17-7)6-13-11(16)9-3-2-4-10(12)14-9/h2-5H,6H2,1H3,(H,13,16). The van der Waals surface area contributed by atoms with E-state index >= 15 is 0 Å². The zero-order valence-electron chi connectivity index (χ0n) is 9.11. The second-order valence-electron chi connectivity index (χ2n) is 3.46. The first-order valence-corrected chi connectivity index (χ1v) is 5.36. The molecule has 1 N–H and O–H groups in total. The van der Waals surface area contributed by atoms with Gasteiger partial charge in [0.2, 0.25) is 0 Å². The molecule has 0 aromatic carbocycles. The monoisotopic (exact) mass is 251 g/mol. The van der Waals surface area contributed by atoms with Crippen LogP contribution < -0.4 is 5.32 Å². The van der Waals surface area contributed by atoms with Crippen LogP contribution in [0, 0.1) is 6.92 Å². The zero-order chi connectivity index (χ0) is 12.3. The van der Waals surface area contributed by atoms with Crippen molar-refractivity contribution in [1.29, 1.82) is 0 Å². The largest absolute Gasteiger partial charge is 0.361 e. The molecule has 0 aliphatic carbocycles. The van der Waals surface area contributed by atoms with Crippen LogP contribution >= 0.6 is 11.6 Å². The predicted octanol–water partition coefficient (Wildman–Crippen LogP) is 1.96. The van der Waals surface area contributed by atoms with Gasteiger partial charge < -0.3 is 9.84 Å². The first-order chi connectivity index (χ1) is 8.15. The van der Waals surface area contributed by atoms with E-state index in [1.54, 1.807) is 31.2 Å². The van der Waals surface area contributed by atoms with Crippen molar-refractivity contribution in [2.45, 2.75) is 13.5 Å². The van der Waals surface area contributed by atoms with Crippen molar-refractivity contribution >= 4 is 17.5 Å². The van der Waals surface area contributed by atoms with Gasteiger partial charge in [-0.05, 0) is 19.1 Å². The summed E-state index contributed by atoms with van der Waals surface area (Å²) in [5, 5.41) is 6.72. The summed E-state index contributed by atoms with van der Waals surface area (Å²) in [6.45, 7) is 2.08. The van der Waals surface area contributed by atoms with Gasteiger partial charge in [0.15, 0.2) is 0 Å². The van der Waals surface area contributed by atoms with E-state index in [1.807, 2.05) is 0 Å². The highest BCUT2D eigenvalue weighted by Crippen LogP contribution is 2.05. The van der Waals surface area contributed by atoms with Crippen LogP contribution in [0.5, 0.6) is 0 Å². The van der Waals surface area contributed by atoms with Crippen LogP contribution in [0.4, 0.5) is 0 Å². The Kier molecular flexibility index (Phi) is 3.39. The number of halogens is 1. The summed E-state index contributed by atoms with van der Waals surface area (Å²) in [6.07, 6.45) is 0. The molecule has 0 saturated carbocycles. The van der Waals surface area contributed by atoms with Gasteiger partial charge in [-0.25, -0.2) is 4.98 Å². The summed E-state index contributed by atoms with van der Waals surface area (Å²) in [5.74, 6) is 0.406. The molecule has 6 heteroatoms. The molecule has 88 valence electrons. The molecule has 0 aliphatic heterocycles. The summed E-state index contributed by atoms with van der Waals surface area (Å²) >= 11 is 5.69. The van der Waals surface area contributed by atoms with Crippen molar-refractivity contribution in [3.05, 3.63) is 46.6 Å². The Morgan fingerprint density at radius 2 is 2.35 bits per heavy atom. The summed E-state index contributed by atoms with van der Waals surface area (Å²) in [6, 6.07) is 6.63. The fraction of sp³-hybridized carbons (Fsp3) is 0.182. The number of carbonyl (C=O) groups excluding carboxylic acids is 1. The molecule has 2 rings (SSSR count). The molecule has 0 radical (unpaired) electrons. The minimum absolute atomic E-state index is 0.276. The molecule has 0 bridgehead atoms. The second-order valence-corrected chi connectivity index (χ2v) is 3.84. The Morgan fingerprint density at radius 1 is 1.53 bits per heavy atom. The topological polar surface area (TPSA) is 68.0 Å². The molecule has 0 spiro atoms. The van der Waals surface area contributed by atoms with Crippen molar-refractivity contribution < 1.29 is 9.32 Å². The lowest BCUT2D eigenvalue weighted by molar-refractivity contribution is 0.0945. The minimum Gasteiger partial charge on any atom is -0.361 e. The molecule has 2 heterocycles. The molecule has 1 amide bonds. The van der Waals surface area contributed by atoms with E-state index in [1.165, 1.54) is 0 Å². The maximum Gasteiger partial charge on any atom is 0.270 e. The molecule has 2 aromatic rings. The first kappa shape index (κ1) is 11.6. The van der Waals surface area contributed by atoms with Gasteiger partial charge in [0.25, 0.3) is 5.91 Å². The Bertz CT molecular complexity index is 539. The smallest absolute Gasteiger partial charge is 0.270 e. The highest BCUT2D eigenvalue weighted by Gasteiger charge is 2.08. The SMILES string of the molecule is Cc1cc(CNC(=O)c2cccc(Cl)n2)no1. The normalized spacial score (nSPS) is 10.2. The second kappa shape index (κ2) is 4.97. The van der Waals surface area contributed by atoms with Crippen LogP contribution in [0.1, 0.15) is 21.9 Å². The van der Waals surface area contributed by atoms with E-state index in [4.69, 9.17) is 16.1 Å². The Hall–Kier alpha value is -1.88. The Balaban J connectivity index is 1.98. The maximum absolute atomic E-state index is 11.7. The minimum atomic E-state index is -0.298. The highest BCUT2D eigenvalue weighted by molar-refractivity contribution is 6.29. The van der Waals surface area contributed by atoms with Gasteiger partial charge in [0, 0.05) is 6.07 Å². The number of amides is 1. The van der Waals surface area contributed by atoms with Gasteiger partial charge in [-0.1, -0.05) is 22.8 Å². The average molecular weight is 252 g/mol. The highest BCUT2D eigenvalue weighted by atomic mass is 35.5. The fourth-order valence-electron chi connectivity index (χ4n) is 1.30. The number of carbonyl (C=O) groups is 1. The Morgan fingerprint density at radius 3 is 3.00 bits per heavy atom. The van der Waals surface area contributed by atoms with Crippen molar-refractivity contribution in [2.75, 3.05) is 0 Å². The molecule has 0 unspecified atom stereocenters. The van der Waals surface area contributed by atoms with Crippen molar-refractivity contribution in [3.63, 3.8) is 0 Å². The first-order valence-electron chi connectivity index (χ1n) is 4.98. The van der Waals surface area contributed by atoms with Crippen LogP contribution in [0.25, 0.3) is 0 Å². The molecule has 2 aromatic heterocycles. The quantitative estimate of drug-likeness (QED) is 0.847. The lowest BCUT2D eigenvalue weighted by atomic mass is 10.3. The summed E-state index contributed by atoms with van der Waals surface area (Å²) < 4.78 is 4.88. The van der Waals surface area contributed by atoms with Gasteiger partial charge in [-0.3, -0.25) is 4.79 Å². The van der Waals surface area contributed by atoms with Crippen LogP contribution in [-0.4, -0.2) is 16.0 Å². The lowest BCUT2D eigenvalue weighted by Gasteiger charge is -2.01. The number of hydrogen-bond acceptors (Lipinski definition) is 4. The molecule has 5 nitrogen and oxygen atoms in total. The summed E-state index contributed by atoms with van der Waals surface area (Å²) in [4.78, 5) is 15.6. The van der Waals surface area contributed by atoms with Crippen LogP contribution in [-0.2, 0) is 6.54 Å². The van der Waals surface area contributed by atoms with Crippen LogP contribution in [0.15, 0.2) is 28.8 Å². The molecule has 17 heavy (non-hydrogen) atoms. The number of aryl methyl sites for hydroxylation is 1. The number of hydrogen-bond donors (Lipinski definition) is 1. The number of pyridine rings is 1. The maximum atomic E-state index is 11.7. The molecular formula is C11H10ClN3O2. The molecule has 0 fully saturated rings. The van der Waals surface area contributed by atoms with Gasteiger partial charge in [0.1, 0.15) is 22.3 Å². The number of nitrogens with zero attached hydrogens (tertiary/aromatic N) is 2. The Labute approximate surface area is 103 Å². The van der Waals surface area contributed by atoms with Crippen molar-refractivity contribution in [2.24, 2.45) is 0 Å². The molecule has 0 atom stereocenters. The number of nitrogens with one attached hydrogen (secondary N) is 1. The van der Waals surface area contributed by atoms with Gasteiger partial charge >= 0.3 is 0 Å². The lowest BCUT2D eigenvalue weighted by Crippen LogP contribution is -2.23. The van der Waals surface area contributed by atoms with E-state index in [-0.39, 0.29) is 16.8 Å². The van der Waals surface area contributed by atoms with E-state index in [0.717, 1.165) is 0 Å². The van der Waals surface area contributed by atoms with Crippen molar-refractivity contribution in [3.8, 4) is 0 Å². The molecule has 0 saturated heterocycles. The number of rotatable bonds is 3. The third kappa shape index (κ3) is 3.04. The van der Waals surface area contributed by atoms with E-state index in [9.17, 15) is 4.79 Å². The third-order valence-electron chi connectivity index (χ3n) is 2.05. The average Bonchev–Trinajstić information content (AvgIpc) is 2.72. The summed E-state index contributed by atoms with van der Waals surface area (Å²) in [5.41, 5.74) is 0.940. The summed E-state index contributed by atoms with van der Waals surface area (Å²) in [7, 11) is 0. The third-order valence-corrected chi connectivity index (χ3v) is 2.27. The van der Waals surface area contributed by atoms with Gasteiger partial charge in [0.05, 0.1) is 6.54 Å². The van der Waals surface area contributed by atoms with Crippen LogP contribution in [0.3, 0.4) is 0 Å². The van der Waals surface area contributed by atoms with E-state index in [0.29, 0.717) is 18.0 Å². The van der Waals surface area contributed by atoms with Gasteiger partial charge in [-0.2, -0.15) is 0 Å². The molecule has 0 aliphatic rings. The van der Waals surface area contributed by atoms with E-state index < -0.39 is 0 Å². The zero-order valence-corrected chi connectivity index (χ0v) is 9.86. The fourth-order valence-corrected chi connectivity index (χ4v) is 1.46. The van der Waals surface area contributed by atoms with E-state index in [2.05, 4.69) is 15.5 Å².